The van der Waals surface area contributed by atoms with Gasteiger partial charge in [0.25, 0.3) is 0 Å². The van der Waals surface area contributed by atoms with Crippen LogP contribution in [0.1, 0.15) is 34.9 Å². The fourth-order valence-electron chi connectivity index (χ4n) is 2.94. The number of aromatic nitrogens is 1. The number of carbonyl (C=O) groups excluding carboxylic acids is 1. The summed E-state index contributed by atoms with van der Waals surface area (Å²) >= 11 is 1.64. The summed E-state index contributed by atoms with van der Waals surface area (Å²) in [6.07, 6.45) is 2.88. The number of nitrogens with one attached hydrogen (secondary N) is 1. The smallest absolute Gasteiger partial charge is 0.317 e. The number of amides is 2. The average molecular weight is 315 g/mol. The number of fused-ring (bicyclic) bond motifs is 1. The number of rotatable bonds is 5. The summed E-state index contributed by atoms with van der Waals surface area (Å²) in [5.74, 6) is 0.727. The predicted molar refractivity (Wildman–Crippen MR) is 89.4 cm³/mol. The van der Waals surface area contributed by atoms with E-state index >= 15 is 0 Å². The van der Waals surface area contributed by atoms with E-state index in [2.05, 4.69) is 41.5 Å². The maximum Gasteiger partial charge on any atom is 0.317 e. The zero-order valence-electron chi connectivity index (χ0n) is 13.0. The molecule has 22 heavy (non-hydrogen) atoms. The zero-order valence-corrected chi connectivity index (χ0v) is 13.8. The summed E-state index contributed by atoms with van der Waals surface area (Å²) in [4.78, 5) is 18.3. The molecule has 2 atom stereocenters. The molecule has 3 rings (SSSR count). The molecule has 0 fully saturated rings. The molecule has 4 nitrogen and oxygen atoms in total. The number of likely N-dealkylation sites (N-methyl/N-ethyl adjacent to an activating group) is 1. The van der Waals surface area contributed by atoms with Crippen LogP contribution in [0.2, 0.25) is 0 Å². The van der Waals surface area contributed by atoms with Crippen LogP contribution >= 0.6 is 11.3 Å². The van der Waals surface area contributed by atoms with E-state index in [0.29, 0.717) is 19.0 Å². The van der Waals surface area contributed by atoms with Crippen molar-refractivity contribution in [3.63, 3.8) is 0 Å². The molecule has 0 radical (unpaired) electrons. The van der Waals surface area contributed by atoms with Gasteiger partial charge in [0.05, 0.1) is 5.01 Å². The van der Waals surface area contributed by atoms with Gasteiger partial charge in [-0.3, -0.25) is 0 Å². The van der Waals surface area contributed by atoms with Gasteiger partial charge in [-0.05, 0) is 17.5 Å². The summed E-state index contributed by atoms with van der Waals surface area (Å²) in [7, 11) is 1.84. The minimum Gasteiger partial charge on any atom is -0.337 e. The van der Waals surface area contributed by atoms with E-state index in [1.54, 1.807) is 16.2 Å². The largest absolute Gasteiger partial charge is 0.337 e. The van der Waals surface area contributed by atoms with Crippen LogP contribution < -0.4 is 5.32 Å². The Balaban J connectivity index is 1.46. The molecule has 1 aromatic carbocycles. The number of carbonyl (C=O) groups is 1. The molecular formula is C17H21N3OS. The SMILES string of the molecule is C[C@@H](CN(C)C(=O)NC[C@H]1Cc2ccccc21)c1nccs1. The number of thiazole rings is 1. The highest BCUT2D eigenvalue weighted by molar-refractivity contribution is 7.09. The first kappa shape index (κ1) is 15.0. The first-order chi connectivity index (χ1) is 10.6. The molecule has 0 saturated carbocycles. The quantitative estimate of drug-likeness (QED) is 0.921. The molecule has 0 aliphatic heterocycles. The Morgan fingerprint density at radius 2 is 2.32 bits per heavy atom. The van der Waals surface area contributed by atoms with E-state index < -0.39 is 0 Å². The molecule has 2 aromatic rings. The lowest BCUT2D eigenvalue weighted by molar-refractivity contribution is 0.205. The van der Waals surface area contributed by atoms with Crippen molar-refractivity contribution in [2.45, 2.75) is 25.2 Å². The molecule has 1 heterocycles. The van der Waals surface area contributed by atoms with Gasteiger partial charge in [-0.1, -0.05) is 31.2 Å². The fraction of sp³-hybridized carbons (Fsp3) is 0.412. The topological polar surface area (TPSA) is 45.2 Å². The highest BCUT2D eigenvalue weighted by atomic mass is 32.1. The third kappa shape index (κ3) is 3.14. The second-order valence-electron chi connectivity index (χ2n) is 5.94. The standard InChI is InChI=1S/C17H21N3OS/c1-12(16-18-7-8-22-16)11-20(2)17(21)19-10-14-9-13-5-3-4-6-15(13)14/h3-8,12,14H,9-11H2,1-2H3,(H,19,21)/t12-,14+/m0/s1. The third-order valence-electron chi connectivity index (χ3n) is 4.23. The summed E-state index contributed by atoms with van der Waals surface area (Å²) in [6.45, 7) is 3.50. The van der Waals surface area contributed by atoms with Crippen LogP contribution in [-0.2, 0) is 6.42 Å². The van der Waals surface area contributed by atoms with Crippen LogP contribution in [0.4, 0.5) is 4.79 Å². The predicted octanol–water partition coefficient (Wildman–Crippen LogP) is 3.23. The number of hydrogen-bond acceptors (Lipinski definition) is 3. The molecule has 0 unspecified atom stereocenters. The lowest BCUT2D eigenvalue weighted by Crippen LogP contribution is -2.42. The second kappa shape index (κ2) is 6.48. The molecule has 0 saturated heterocycles. The van der Waals surface area contributed by atoms with Crippen LogP contribution in [0, 0.1) is 0 Å². The van der Waals surface area contributed by atoms with Crippen LogP contribution in [0.5, 0.6) is 0 Å². The summed E-state index contributed by atoms with van der Waals surface area (Å²) in [6, 6.07) is 8.45. The van der Waals surface area contributed by atoms with E-state index in [-0.39, 0.29) is 11.9 Å². The van der Waals surface area contributed by atoms with Crippen molar-refractivity contribution < 1.29 is 4.79 Å². The van der Waals surface area contributed by atoms with Crippen LogP contribution in [-0.4, -0.2) is 36.1 Å². The van der Waals surface area contributed by atoms with E-state index in [4.69, 9.17) is 0 Å². The highest BCUT2D eigenvalue weighted by Gasteiger charge is 2.26. The highest BCUT2D eigenvalue weighted by Crippen LogP contribution is 2.34. The van der Waals surface area contributed by atoms with Crippen LogP contribution in [0.25, 0.3) is 0 Å². The lowest BCUT2D eigenvalue weighted by atomic mass is 9.78. The van der Waals surface area contributed by atoms with Gasteiger partial charge in [-0.15, -0.1) is 11.3 Å². The van der Waals surface area contributed by atoms with Crippen molar-refractivity contribution in [1.29, 1.82) is 0 Å². The number of urea groups is 1. The second-order valence-corrected chi connectivity index (χ2v) is 6.86. The average Bonchev–Trinajstić information content (AvgIpc) is 3.02. The molecular weight excluding hydrogens is 294 g/mol. The van der Waals surface area contributed by atoms with Crippen LogP contribution in [0.15, 0.2) is 35.8 Å². The van der Waals surface area contributed by atoms with Gasteiger partial charge in [0, 0.05) is 43.5 Å². The van der Waals surface area contributed by atoms with Crippen molar-refractivity contribution in [3.05, 3.63) is 52.0 Å². The molecule has 2 amide bonds. The summed E-state index contributed by atoms with van der Waals surface area (Å²) in [5, 5.41) is 6.09. The first-order valence-corrected chi connectivity index (χ1v) is 8.49. The molecule has 1 N–H and O–H groups in total. The van der Waals surface area contributed by atoms with Gasteiger partial charge in [-0.2, -0.15) is 0 Å². The van der Waals surface area contributed by atoms with Crippen molar-refractivity contribution in [1.82, 2.24) is 15.2 Å². The molecule has 1 aromatic heterocycles. The third-order valence-corrected chi connectivity index (χ3v) is 5.24. The van der Waals surface area contributed by atoms with Gasteiger partial charge < -0.3 is 10.2 Å². The number of hydrogen-bond donors (Lipinski definition) is 1. The maximum absolute atomic E-state index is 12.2. The number of benzene rings is 1. The van der Waals surface area contributed by atoms with Crippen LogP contribution in [0.3, 0.4) is 0 Å². The van der Waals surface area contributed by atoms with E-state index in [0.717, 1.165) is 11.4 Å². The normalized spacial score (nSPS) is 17.3. The van der Waals surface area contributed by atoms with E-state index in [1.807, 2.05) is 18.6 Å². The summed E-state index contributed by atoms with van der Waals surface area (Å²) in [5.41, 5.74) is 2.79. The molecule has 1 aliphatic carbocycles. The lowest BCUT2D eigenvalue weighted by Gasteiger charge is -2.31. The van der Waals surface area contributed by atoms with Gasteiger partial charge >= 0.3 is 6.03 Å². The van der Waals surface area contributed by atoms with Gasteiger partial charge in [-0.25, -0.2) is 9.78 Å². The van der Waals surface area contributed by atoms with Gasteiger partial charge in [0.1, 0.15) is 0 Å². The van der Waals surface area contributed by atoms with Gasteiger partial charge in [0.2, 0.25) is 0 Å². The van der Waals surface area contributed by atoms with Crippen molar-refractivity contribution >= 4 is 17.4 Å². The minimum absolute atomic E-state index is 0.00668. The molecule has 116 valence electrons. The Morgan fingerprint density at radius 3 is 3.05 bits per heavy atom. The van der Waals surface area contributed by atoms with E-state index in [1.165, 1.54) is 11.1 Å². The number of nitrogens with zero attached hydrogens (tertiary/aromatic N) is 2. The van der Waals surface area contributed by atoms with Crippen molar-refractivity contribution in [3.8, 4) is 0 Å². The summed E-state index contributed by atoms with van der Waals surface area (Å²) < 4.78 is 0. The zero-order chi connectivity index (χ0) is 15.5. The molecule has 0 spiro atoms. The first-order valence-electron chi connectivity index (χ1n) is 7.61. The maximum atomic E-state index is 12.2. The Kier molecular flexibility index (Phi) is 4.43. The molecule has 5 heteroatoms. The van der Waals surface area contributed by atoms with Crippen molar-refractivity contribution in [2.75, 3.05) is 20.1 Å². The Labute approximate surface area is 135 Å². The monoisotopic (exact) mass is 315 g/mol. The van der Waals surface area contributed by atoms with Gasteiger partial charge in [0.15, 0.2) is 0 Å². The van der Waals surface area contributed by atoms with E-state index in [9.17, 15) is 4.79 Å². The minimum atomic E-state index is -0.00668. The Bertz CT molecular complexity index is 641. The Hall–Kier alpha value is -1.88. The molecule has 1 aliphatic rings. The fourth-order valence-corrected chi connectivity index (χ4v) is 3.63. The molecule has 0 bridgehead atoms. The van der Waals surface area contributed by atoms with Crippen molar-refractivity contribution in [2.24, 2.45) is 0 Å². The Morgan fingerprint density at radius 1 is 1.50 bits per heavy atom.